The molecule has 0 aliphatic carbocycles. The van der Waals surface area contributed by atoms with E-state index in [2.05, 4.69) is 39.0 Å². The summed E-state index contributed by atoms with van der Waals surface area (Å²) in [5.74, 6) is 0.615. The van der Waals surface area contributed by atoms with E-state index in [1.165, 1.54) is 23.3 Å². The number of nitrogen functional groups attached to an aromatic ring is 1. The molecule has 0 bridgehead atoms. The van der Waals surface area contributed by atoms with Crippen molar-refractivity contribution < 1.29 is 4.79 Å². The summed E-state index contributed by atoms with van der Waals surface area (Å²) in [5, 5.41) is 2.02. The topological polar surface area (TPSA) is 59.2 Å². The molecule has 0 radical (unpaired) electrons. The van der Waals surface area contributed by atoms with Gasteiger partial charge >= 0.3 is 0 Å². The molecule has 130 valence electrons. The summed E-state index contributed by atoms with van der Waals surface area (Å²) in [7, 11) is 0. The van der Waals surface area contributed by atoms with E-state index < -0.39 is 0 Å². The van der Waals surface area contributed by atoms with Crippen LogP contribution in [0.25, 0.3) is 21.1 Å². The quantitative estimate of drug-likeness (QED) is 0.700. The number of carbonyl (C=O) groups excluding carboxylic acids is 1. The van der Waals surface area contributed by atoms with Crippen LogP contribution in [0.2, 0.25) is 0 Å². The highest BCUT2D eigenvalue weighted by atomic mass is 32.1. The lowest BCUT2D eigenvalue weighted by atomic mass is 10.00. The summed E-state index contributed by atoms with van der Waals surface area (Å²) in [6.45, 7) is 8.00. The van der Waals surface area contributed by atoms with Crippen LogP contribution in [0.15, 0.2) is 18.2 Å². The van der Waals surface area contributed by atoms with Gasteiger partial charge in [0.05, 0.1) is 11.2 Å². The summed E-state index contributed by atoms with van der Waals surface area (Å²) in [6.07, 6.45) is 2.26. The Hall–Kier alpha value is -2.14. The van der Waals surface area contributed by atoms with Crippen LogP contribution in [0.5, 0.6) is 0 Å². The number of rotatable bonds is 1. The molecule has 1 fully saturated rings. The van der Waals surface area contributed by atoms with Crippen LogP contribution in [-0.2, 0) is 0 Å². The molecule has 0 saturated carbocycles. The maximum absolute atomic E-state index is 13.0. The normalized spacial score (nSPS) is 18.2. The van der Waals surface area contributed by atoms with E-state index in [-0.39, 0.29) is 5.91 Å². The van der Waals surface area contributed by atoms with E-state index in [1.807, 2.05) is 4.90 Å². The van der Waals surface area contributed by atoms with Crippen molar-refractivity contribution in [3.8, 4) is 0 Å². The highest BCUT2D eigenvalue weighted by molar-refractivity contribution is 7.21. The van der Waals surface area contributed by atoms with Gasteiger partial charge in [0.25, 0.3) is 5.91 Å². The molecule has 3 aromatic rings. The molecule has 0 unspecified atom stereocenters. The zero-order chi connectivity index (χ0) is 17.7. The Bertz CT molecular complexity index is 992. The van der Waals surface area contributed by atoms with Crippen molar-refractivity contribution in [2.24, 2.45) is 5.92 Å². The zero-order valence-electron chi connectivity index (χ0n) is 14.9. The third kappa shape index (κ3) is 2.67. The van der Waals surface area contributed by atoms with E-state index in [0.717, 1.165) is 46.2 Å². The Labute approximate surface area is 151 Å². The number of fused-ring (bicyclic) bond motifs is 2. The number of thiophene rings is 1. The molecule has 25 heavy (non-hydrogen) atoms. The van der Waals surface area contributed by atoms with Crippen molar-refractivity contribution in [2.45, 2.75) is 33.6 Å². The third-order valence-electron chi connectivity index (χ3n) is 5.24. The summed E-state index contributed by atoms with van der Waals surface area (Å²) in [6, 6.07) is 6.30. The maximum Gasteiger partial charge on any atom is 0.266 e. The number of amides is 1. The lowest BCUT2D eigenvalue weighted by Crippen LogP contribution is -2.38. The molecule has 3 heterocycles. The van der Waals surface area contributed by atoms with Gasteiger partial charge in [-0.25, -0.2) is 4.98 Å². The molecular formula is C20H23N3OS. The number of aryl methyl sites for hydroxylation is 2. The van der Waals surface area contributed by atoms with E-state index in [9.17, 15) is 4.79 Å². The van der Waals surface area contributed by atoms with Crippen LogP contribution in [0.1, 0.15) is 40.6 Å². The number of nitrogens with zero attached hydrogens (tertiary/aromatic N) is 2. The fraction of sp³-hybridized carbons (Fsp3) is 0.400. The van der Waals surface area contributed by atoms with Crippen molar-refractivity contribution in [1.29, 1.82) is 0 Å². The molecule has 1 atom stereocenters. The molecule has 1 saturated heterocycles. The van der Waals surface area contributed by atoms with Gasteiger partial charge in [-0.05, 0) is 49.8 Å². The third-order valence-corrected chi connectivity index (χ3v) is 6.34. The van der Waals surface area contributed by atoms with Crippen LogP contribution >= 0.6 is 11.3 Å². The van der Waals surface area contributed by atoms with Crippen LogP contribution in [0.3, 0.4) is 0 Å². The maximum atomic E-state index is 13.0. The monoisotopic (exact) mass is 353 g/mol. The van der Waals surface area contributed by atoms with Gasteiger partial charge in [0.1, 0.15) is 9.71 Å². The number of nitrogens with two attached hydrogens (primary N) is 1. The highest BCUT2D eigenvalue weighted by Crippen LogP contribution is 2.37. The molecule has 2 N–H and O–H groups in total. The SMILES string of the molecule is Cc1ccc(C)c2nc3sc(C(=O)N4CCC[C@@H](C)C4)c(N)c3cc12. The molecule has 0 spiro atoms. The van der Waals surface area contributed by atoms with Crippen molar-refractivity contribution in [3.05, 3.63) is 34.2 Å². The number of piperidine rings is 1. The van der Waals surface area contributed by atoms with Crippen LogP contribution < -0.4 is 5.73 Å². The lowest BCUT2D eigenvalue weighted by Gasteiger charge is -2.30. The second-order valence-electron chi connectivity index (χ2n) is 7.28. The van der Waals surface area contributed by atoms with Gasteiger partial charge in [-0.15, -0.1) is 11.3 Å². The van der Waals surface area contributed by atoms with E-state index in [1.54, 1.807) is 0 Å². The average molecular weight is 353 g/mol. The minimum Gasteiger partial charge on any atom is -0.397 e. The van der Waals surface area contributed by atoms with E-state index in [4.69, 9.17) is 10.7 Å². The smallest absolute Gasteiger partial charge is 0.266 e. The van der Waals surface area contributed by atoms with E-state index in [0.29, 0.717) is 16.5 Å². The number of hydrogen-bond acceptors (Lipinski definition) is 4. The number of benzene rings is 1. The van der Waals surface area contributed by atoms with Gasteiger partial charge in [0, 0.05) is 23.9 Å². The van der Waals surface area contributed by atoms with Gasteiger partial charge in [0.15, 0.2) is 0 Å². The predicted octanol–water partition coefficient (Wildman–Crippen LogP) is 4.52. The molecule has 1 amide bonds. The molecule has 2 aromatic heterocycles. The van der Waals surface area contributed by atoms with Crippen molar-refractivity contribution >= 4 is 44.1 Å². The number of carbonyl (C=O) groups is 1. The van der Waals surface area contributed by atoms with Crippen molar-refractivity contribution in [2.75, 3.05) is 18.8 Å². The standard InChI is InChI=1S/C20H23N3OS/c1-11-5-4-8-23(10-11)20(24)18-16(21)15-9-14-12(2)6-7-13(3)17(14)22-19(15)25-18/h6-7,9,11H,4-5,8,10,21H2,1-3H3/t11-/m1/s1. The number of aromatic nitrogens is 1. The van der Waals surface area contributed by atoms with Gasteiger partial charge in [-0.1, -0.05) is 19.1 Å². The Morgan fingerprint density at radius 1 is 1.28 bits per heavy atom. The lowest BCUT2D eigenvalue weighted by molar-refractivity contribution is 0.0689. The number of hydrogen-bond donors (Lipinski definition) is 1. The van der Waals surface area contributed by atoms with Crippen LogP contribution in [-0.4, -0.2) is 28.9 Å². The molecule has 1 aromatic carbocycles. The van der Waals surface area contributed by atoms with Crippen molar-refractivity contribution in [1.82, 2.24) is 9.88 Å². The molecule has 1 aliphatic rings. The first-order valence-electron chi connectivity index (χ1n) is 8.84. The molecule has 5 heteroatoms. The van der Waals surface area contributed by atoms with Crippen molar-refractivity contribution in [3.63, 3.8) is 0 Å². The first kappa shape index (κ1) is 16.3. The number of likely N-dealkylation sites (tertiary alicyclic amines) is 1. The van der Waals surface area contributed by atoms with Gasteiger partial charge in [-0.3, -0.25) is 4.79 Å². The van der Waals surface area contributed by atoms with Gasteiger partial charge in [0.2, 0.25) is 0 Å². The minimum atomic E-state index is 0.0598. The Morgan fingerprint density at radius 2 is 2.04 bits per heavy atom. The summed E-state index contributed by atoms with van der Waals surface area (Å²) in [4.78, 5) is 21.3. The first-order chi connectivity index (χ1) is 12.0. The second kappa shape index (κ2) is 5.99. The van der Waals surface area contributed by atoms with E-state index >= 15 is 0 Å². The largest absolute Gasteiger partial charge is 0.397 e. The second-order valence-corrected chi connectivity index (χ2v) is 8.28. The minimum absolute atomic E-state index is 0.0598. The predicted molar refractivity (Wildman–Crippen MR) is 105 cm³/mol. The first-order valence-corrected chi connectivity index (χ1v) is 9.65. The summed E-state index contributed by atoms with van der Waals surface area (Å²) < 4.78 is 0. The Morgan fingerprint density at radius 3 is 2.80 bits per heavy atom. The van der Waals surface area contributed by atoms with Gasteiger partial charge < -0.3 is 10.6 Å². The number of pyridine rings is 1. The molecule has 1 aliphatic heterocycles. The zero-order valence-corrected chi connectivity index (χ0v) is 15.7. The van der Waals surface area contributed by atoms with Crippen LogP contribution in [0.4, 0.5) is 5.69 Å². The van der Waals surface area contributed by atoms with Crippen LogP contribution in [0, 0.1) is 19.8 Å². The Kier molecular flexibility index (Phi) is 3.91. The summed E-state index contributed by atoms with van der Waals surface area (Å²) >= 11 is 1.43. The highest BCUT2D eigenvalue weighted by Gasteiger charge is 2.26. The fourth-order valence-electron chi connectivity index (χ4n) is 3.74. The number of anilines is 1. The molecule has 4 nitrogen and oxygen atoms in total. The fourth-order valence-corrected chi connectivity index (χ4v) is 4.78. The summed E-state index contributed by atoms with van der Waals surface area (Å²) in [5.41, 5.74) is 10.3. The molecular weight excluding hydrogens is 330 g/mol. The molecule has 4 rings (SSSR count). The Balaban J connectivity index is 1.84. The average Bonchev–Trinajstić information content (AvgIpc) is 2.93. The van der Waals surface area contributed by atoms with Gasteiger partial charge in [-0.2, -0.15) is 0 Å².